The summed E-state index contributed by atoms with van der Waals surface area (Å²) in [7, 11) is 0. The van der Waals surface area contributed by atoms with Crippen molar-refractivity contribution in [3.05, 3.63) is 42.6 Å². The number of pyridine rings is 1. The van der Waals surface area contributed by atoms with Gasteiger partial charge in [-0.05, 0) is 37.8 Å². The summed E-state index contributed by atoms with van der Waals surface area (Å²) in [5.41, 5.74) is 1.26. The van der Waals surface area contributed by atoms with E-state index < -0.39 is 0 Å². The summed E-state index contributed by atoms with van der Waals surface area (Å²) in [6.07, 6.45) is 26.8. The van der Waals surface area contributed by atoms with Crippen LogP contribution in [0.1, 0.15) is 135 Å². The number of esters is 1. The van der Waals surface area contributed by atoms with Gasteiger partial charge in [-0.1, -0.05) is 109 Å². The van der Waals surface area contributed by atoms with E-state index in [-0.39, 0.29) is 18.4 Å². The highest BCUT2D eigenvalue weighted by molar-refractivity contribution is 5.74. The zero-order valence-corrected chi connectivity index (χ0v) is 26.0. The number of hydrogen-bond acceptors (Lipinski definition) is 4. The van der Waals surface area contributed by atoms with Gasteiger partial charge in [0.25, 0.3) is 0 Å². The van der Waals surface area contributed by atoms with Crippen LogP contribution in [0.5, 0.6) is 0 Å². The van der Waals surface area contributed by atoms with Crippen molar-refractivity contribution in [2.75, 3.05) is 13.2 Å². The Morgan fingerprint density at radius 3 is 2.10 bits per heavy atom. The number of ether oxygens (including phenoxy) is 3. The summed E-state index contributed by atoms with van der Waals surface area (Å²) in [5, 5.41) is 1.26. The van der Waals surface area contributed by atoms with Gasteiger partial charge >= 0.3 is 5.97 Å². The van der Waals surface area contributed by atoms with E-state index in [0.29, 0.717) is 19.6 Å². The molecule has 1 aromatic carbocycles. The molecular formula is C36H58NO4+. The van der Waals surface area contributed by atoms with Crippen LogP contribution in [0.3, 0.4) is 0 Å². The molecular weight excluding hydrogens is 510 g/mol. The predicted molar refractivity (Wildman–Crippen MR) is 168 cm³/mol. The van der Waals surface area contributed by atoms with E-state index >= 15 is 0 Å². The summed E-state index contributed by atoms with van der Waals surface area (Å²) in [6.45, 7) is 4.08. The molecule has 1 aliphatic rings. The number of carbonyl (C=O) groups excluding carboxylic acids is 1. The van der Waals surface area contributed by atoms with Crippen molar-refractivity contribution in [1.82, 2.24) is 0 Å². The minimum Gasteiger partial charge on any atom is -0.463 e. The Hall–Kier alpha value is -1.98. The number of para-hydroxylation sites is 1. The Morgan fingerprint density at radius 1 is 0.780 bits per heavy atom. The number of hydrogen-bond donors (Lipinski definition) is 0. The van der Waals surface area contributed by atoms with Crippen molar-refractivity contribution in [2.45, 2.75) is 154 Å². The van der Waals surface area contributed by atoms with Crippen LogP contribution in [0.4, 0.5) is 0 Å². The van der Waals surface area contributed by atoms with Crippen LogP contribution in [0, 0.1) is 0 Å². The molecule has 0 amide bonds. The van der Waals surface area contributed by atoms with Gasteiger partial charge in [-0.25, -0.2) is 0 Å². The Labute approximate surface area is 250 Å². The third-order valence-electron chi connectivity index (χ3n) is 8.35. The normalized spacial score (nSPS) is 16.9. The maximum Gasteiger partial charge on any atom is 0.305 e. The quantitative estimate of drug-likeness (QED) is 0.0719. The standard InChI is InChI=1S/C36H58NO4/c1-2-3-4-5-6-7-8-9-10-11-12-13-14-15-18-27-36-40-31-33(41-36)30-39-35(38)26-17-16-21-28-37-29-22-24-32-23-19-20-25-34(32)37/h19-20,22-25,29,33,36H,2-18,21,26-28,30-31H2,1H3/q+1/t33-,36-/m0/s1. The van der Waals surface area contributed by atoms with E-state index in [9.17, 15) is 4.79 Å². The first-order chi connectivity index (χ1) is 20.3. The first kappa shape index (κ1) is 33.5. The second-order valence-electron chi connectivity index (χ2n) is 12.0. The summed E-state index contributed by atoms with van der Waals surface area (Å²) >= 11 is 0. The molecule has 1 saturated heterocycles. The highest BCUT2D eigenvalue weighted by Crippen LogP contribution is 2.19. The van der Waals surface area contributed by atoms with Crippen LogP contribution in [-0.4, -0.2) is 31.6 Å². The van der Waals surface area contributed by atoms with Crippen LogP contribution in [0.2, 0.25) is 0 Å². The van der Waals surface area contributed by atoms with E-state index in [1.54, 1.807) is 0 Å². The number of fused-ring (bicyclic) bond motifs is 1. The SMILES string of the molecule is CCCCCCCCCCCCCCCCC[C@H]1OC[C@H](COC(=O)CCCCC[n+]2cccc3ccccc32)O1. The molecule has 0 spiro atoms. The smallest absolute Gasteiger partial charge is 0.305 e. The van der Waals surface area contributed by atoms with Gasteiger partial charge in [0.2, 0.25) is 5.52 Å². The molecule has 230 valence electrons. The van der Waals surface area contributed by atoms with E-state index in [2.05, 4.69) is 54.1 Å². The number of carbonyl (C=O) groups is 1. The number of benzene rings is 1. The van der Waals surface area contributed by atoms with E-state index in [0.717, 1.165) is 38.6 Å². The lowest BCUT2D eigenvalue weighted by atomic mass is 10.0. The lowest BCUT2D eigenvalue weighted by molar-refractivity contribution is -0.671. The maximum absolute atomic E-state index is 12.2. The average Bonchev–Trinajstić information content (AvgIpc) is 3.45. The minimum atomic E-state index is -0.132. The molecule has 0 bridgehead atoms. The maximum atomic E-state index is 12.2. The van der Waals surface area contributed by atoms with E-state index in [1.807, 2.05) is 0 Å². The number of aryl methyl sites for hydroxylation is 1. The fourth-order valence-electron chi connectivity index (χ4n) is 5.83. The molecule has 2 atom stereocenters. The van der Waals surface area contributed by atoms with Gasteiger partial charge in [0, 0.05) is 30.4 Å². The number of aromatic nitrogens is 1. The van der Waals surface area contributed by atoms with Crippen molar-refractivity contribution >= 4 is 16.9 Å². The highest BCUT2D eigenvalue weighted by atomic mass is 16.7. The summed E-state index contributed by atoms with van der Waals surface area (Å²) in [5.74, 6) is -0.128. The Bertz CT molecular complexity index is 943. The van der Waals surface area contributed by atoms with Crippen molar-refractivity contribution in [1.29, 1.82) is 0 Å². The van der Waals surface area contributed by atoms with Gasteiger partial charge in [-0.3, -0.25) is 4.79 Å². The lowest BCUT2D eigenvalue weighted by Gasteiger charge is -2.12. The lowest BCUT2D eigenvalue weighted by Crippen LogP contribution is -2.33. The van der Waals surface area contributed by atoms with Crippen molar-refractivity contribution in [3.63, 3.8) is 0 Å². The van der Waals surface area contributed by atoms with E-state index in [1.165, 1.54) is 101 Å². The highest BCUT2D eigenvalue weighted by Gasteiger charge is 2.26. The van der Waals surface area contributed by atoms with Crippen molar-refractivity contribution in [3.8, 4) is 0 Å². The van der Waals surface area contributed by atoms with Gasteiger partial charge < -0.3 is 14.2 Å². The van der Waals surface area contributed by atoms with Crippen LogP contribution in [0.15, 0.2) is 42.6 Å². The molecule has 0 saturated carbocycles. The zero-order chi connectivity index (χ0) is 28.8. The summed E-state index contributed by atoms with van der Waals surface area (Å²) in [6, 6.07) is 12.7. The molecule has 0 unspecified atom stereocenters. The van der Waals surface area contributed by atoms with Crippen LogP contribution in [-0.2, 0) is 25.5 Å². The fraction of sp³-hybridized carbons (Fsp3) is 0.722. The van der Waals surface area contributed by atoms with E-state index in [4.69, 9.17) is 14.2 Å². The monoisotopic (exact) mass is 568 g/mol. The van der Waals surface area contributed by atoms with Crippen LogP contribution >= 0.6 is 0 Å². The largest absolute Gasteiger partial charge is 0.463 e. The molecule has 0 aliphatic carbocycles. The second-order valence-corrected chi connectivity index (χ2v) is 12.0. The molecule has 0 N–H and O–H groups in total. The Kier molecular flexibility index (Phi) is 17.7. The Balaban J connectivity index is 1.08. The molecule has 1 fully saturated rings. The molecule has 5 heteroatoms. The fourth-order valence-corrected chi connectivity index (χ4v) is 5.83. The second kappa shape index (κ2) is 21.7. The number of nitrogens with zero attached hydrogens (tertiary/aromatic N) is 1. The summed E-state index contributed by atoms with van der Waals surface area (Å²) < 4.78 is 19.5. The molecule has 1 aromatic heterocycles. The number of unbranched alkanes of at least 4 members (excludes halogenated alkanes) is 16. The molecule has 3 rings (SSSR count). The molecule has 5 nitrogen and oxygen atoms in total. The topological polar surface area (TPSA) is 48.6 Å². The number of rotatable bonds is 24. The van der Waals surface area contributed by atoms with Gasteiger partial charge in [0.1, 0.15) is 19.3 Å². The van der Waals surface area contributed by atoms with Crippen molar-refractivity contribution in [2.24, 2.45) is 0 Å². The zero-order valence-electron chi connectivity index (χ0n) is 26.0. The first-order valence-electron chi connectivity index (χ1n) is 17.1. The molecule has 41 heavy (non-hydrogen) atoms. The van der Waals surface area contributed by atoms with Gasteiger partial charge in [0.05, 0.1) is 6.61 Å². The third kappa shape index (κ3) is 14.7. The predicted octanol–water partition coefficient (Wildman–Crippen LogP) is 9.23. The minimum absolute atomic E-state index is 0.122. The first-order valence-corrected chi connectivity index (χ1v) is 17.1. The van der Waals surface area contributed by atoms with Crippen LogP contribution in [0.25, 0.3) is 10.9 Å². The molecule has 0 radical (unpaired) electrons. The van der Waals surface area contributed by atoms with Gasteiger partial charge in [-0.2, -0.15) is 4.57 Å². The van der Waals surface area contributed by atoms with Gasteiger partial charge in [0.15, 0.2) is 12.5 Å². The van der Waals surface area contributed by atoms with Crippen molar-refractivity contribution < 1.29 is 23.6 Å². The molecule has 2 aromatic rings. The Morgan fingerprint density at radius 2 is 1.39 bits per heavy atom. The summed E-state index contributed by atoms with van der Waals surface area (Å²) in [4.78, 5) is 12.2. The molecule has 1 aliphatic heterocycles. The van der Waals surface area contributed by atoms with Gasteiger partial charge in [-0.15, -0.1) is 0 Å². The third-order valence-corrected chi connectivity index (χ3v) is 8.35. The average molecular weight is 569 g/mol. The molecule has 2 heterocycles. The van der Waals surface area contributed by atoms with Crippen LogP contribution < -0.4 is 4.57 Å².